The number of aryl methyl sites for hydroxylation is 1. The second-order valence-corrected chi connectivity index (χ2v) is 11.9. The van der Waals surface area contributed by atoms with E-state index in [-0.39, 0.29) is 31.7 Å². The Labute approximate surface area is 240 Å². The lowest BCUT2D eigenvalue weighted by molar-refractivity contribution is -0.185. The molecule has 2 fully saturated rings. The van der Waals surface area contributed by atoms with Crippen LogP contribution in [0.1, 0.15) is 58.6 Å². The predicted octanol–water partition coefficient (Wildman–Crippen LogP) is 5.85. The summed E-state index contributed by atoms with van der Waals surface area (Å²) in [6.45, 7) is 5.55. The Balaban J connectivity index is 1.78. The second-order valence-electron chi connectivity index (χ2n) is 11.9. The molecule has 9 heteroatoms. The molecule has 2 aromatic rings. The third-order valence-corrected chi connectivity index (χ3v) is 8.75. The smallest absolute Gasteiger partial charge is 0.330 e. The van der Waals surface area contributed by atoms with E-state index >= 15 is 0 Å². The van der Waals surface area contributed by atoms with Crippen molar-refractivity contribution in [2.75, 3.05) is 46.8 Å². The summed E-state index contributed by atoms with van der Waals surface area (Å²) in [7, 11) is 3.98. The van der Waals surface area contributed by atoms with Gasteiger partial charge in [-0.05, 0) is 89.5 Å². The van der Waals surface area contributed by atoms with Crippen LogP contribution in [-0.4, -0.2) is 85.4 Å². The van der Waals surface area contributed by atoms with E-state index < -0.39 is 41.7 Å². The summed E-state index contributed by atoms with van der Waals surface area (Å²) in [5.41, 5.74) is 2.15. The van der Waals surface area contributed by atoms with Crippen molar-refractivity contribution < 1.29 is 27.2 Å². The molecule has 0 aliphatic carbocycles. The van der Waals surface area contributed by atoms with Crippen LogP contribution in [-0.2, 0) is 4.79 Å². The van der Waals surface area contributed by atoms with E-state index in [1.165, 1.54) is 6.07 Å². The number of carbonyl (C=O) groups excluding carboxylic acids is 2. The molecule has 41 heavy (non-hydrogen) atoms. The molecule has 2 heterocycles. The van der Waals surface area contributed by atoms with Crippen molar-refractivity contribution in [1.29, 1.82) is 0 Å². The number of ketones is 1. The number of nitrogens with zero attached hydrogens (tertiary/aromatic N) is 3. The van der Waals surface area contributed by atoms with Crippen molar-refractivity contribution in [1.82, 2.24) is 14.7 Å². The van der Waals surface area contributed by atoms with Gasteiger partial charge in [-0.1, -0.05) is 36.4 Å². The molecule has 224 valence electrons. The first-order valence-corrected chi connectivity index (χ1v) is 14.5. The highest BCUT2D eigenvalue weighted by Gasteiger charge is 2.52. The van der Waals surface area contributed by atoms with Gasteiger partial charge in [-0.15, -0.1) is 0 Å². The van der Waals surface area contributed by atoms with Crippen LogP contribution in [0.25, 0.3) is 0 Å². The van der Waals surface area contributed by atoms with Crippen LogP contribution in [0.2, 0.25) is 0 Å². The zero-order chi connectivity index (χ0) is 29.9. The zero-order valence-corrected chi connectivity index (χ0v) is 24.4. The number of Topliss-reactive ketones (excluding diaryl/α,β-unsaturated/α-hetero) is 1. The Hall–Kier alpha value is -2.78. The minimum atomic E-state index is -4.53. The first-order chi connectivity index (χ1) is 19.4. The molecule has 0 N–H and O–H groups in total. The topological polar surface area (TPSA) is 43.9 Å². The summed E-state index contributed by atoms with van der Waals surface area (Å²) in [4.78, 5) is 33.5. The number of alkyl halides is 3. The molecule has 0 aromatic heterocycles. The first-order valence-electron chi connectivity index (χ1n) is 14.5. The van der Waals surface area contributed by atoms with Crippen LogP contribution in [0, 0.1) is 31.5 Å². The molecule has 5 nitrogen and oxygen atoms in total. The Morgan fingerprint density at radius 2 is 1.68 bits per heavy atom. The van der Waals surface area contributed by atoms with E-state index in [0.29, 0.717) is 29.8 Å². The van der Waals surface area contributed by atoms with Crippen molar-refractivity contribution in [2.45, 2.75) is 57.7 Å². The van der Waals surface area contributed by atoms with Crippen molar-refractivity contribution in [3.8, 4) is 0 Å². The minimum Gasteiger partial charge on any atom is -0.330 e. The number of benzene rings is 2. The summed E-state index contributed by atoms with van der Waals surface area (Å²) in [5, 5.41) is 0. The van der Waals surface area contributed by atoms with Gasteiger partial charge in [-0.25, -0.2) is 4.39 Å². The van der Waals surface area contributed by atoms with E-state index in [2.05, 4.69) is 9.80 Å². The number of halogens is 4. The maximum absolute atomic E-state index is 14.9. The number of rotatable bonds is 9. The van der Waals surface area contributed by atoms with Gasteiger partial charge < -0.3 is 14.7 Å². The number of unbranched alkanes of at least 4 members (excludes halogenated alkanes) is 1. The van der Waals surface area contributed by atoms with Gasteiger partial charge in [0.25, 0.3) is 0 Å². The number of piperidine rings is 1. The molecule has 0 unspecified atom stereocenters. The maximum atomic E-state index is 14.9. The van der Waals surface area contributed by atoms with E-state index in [9.17, 15) is 27.2 Å². The van der Waals surface area contributed by atoms with Gasteiger partial charge in [0.2, 0.25) is 5.91 Å². The van der Waals surface area contributed by atoms with Crippen LogP contribution in [0.3, 0.4) is 0 Å². The molecule has 2 aliphatic heterocycles. The summed E-state index contributed by atoms with van der Waals surface area (Å²) in [5.74, 6) is -3.62. The molecule has 2 aliphatic rings. The van der Waals surface area contributed by atoms with Crippen LogP contribution < -0.4 is 0 Å². The van der Waals surface area contributed by atoms with Gasteiger partial charge in [-0.3, -0.25) is 9.59 Å². The molecule has 1 amide bonds. The highest BCUT2D eigenvalue weighted by Crippen LogP contribution is 2.44. The van der Waals surface area contributed by atoms with Gasteiger partial charge in [0, 0.05) is 37.0 Å². The van der Waals surface area contributed by atoms with Crippen molar-refractivity contribution in [3.63, 3.8) is 0 Å². The van der Waals surface area contributed by atoms with E-state index in [1.54, 1.807) is 31.2 Å². The monoisotopic (exact) mass is 575 g/mol. The predicted molar refractivity (Wildman–Crippen MR) is 151 cm³/mol. The van der Waals surface area contributed by atoms with Crippen LogP contribution in [0.15, 0.2) is 42.5 Å². The highest BCUT2D eigenvalue weighted by atomic mass is 19.4. The number of hydrogen-bond donors (Lipinski definition) is 0. The SMILES string of the molecule is Cc1ccccc1C(=O)[C@H]1CN(CCCCN(C)C)C[C@@H](C(=O)N2CCC[C@H]2C(F)(F)F)[C@@H]1c1cccc(F)c1C. The highest BCUT2D eigenvalue weighted by molar-refractivity contribution is 6.00. The van der Waals surface area contributed by atoms with Gasteiger partial charge >= 0.3 is 6.18 Å². The number of carbonyl (C=O) groups is 2. The summed E-state index contributed by atoms with van der Waals surface area (Å²) >= 11 is 0. The molecular weight excluding hydrogens is 534 g/mol. The lowest BCUT2D eigenvalue weighted by Gasteiger charge is -2.45. The molecule has 2 aromatic carbocycles. The largest absolute Gasteiger partial charge is 0.408 e. The molecule has 2 saturated heterocycles. The Bertz CT molecular complexity index is 1230. The number of amides is 1. The van der Waals surface area contributed by atoms with E-state index in [0.717, 1.165) is 29.8 Å². The fraction of sp³-hybridized carbons (Fsp3) is 0.562. The fourth-order valence-electron chi connectivity index (χ4n) is 6.61. The summed E-state index contributed by atoms with van der Waals surface area (Å²) in [6.07, 6.45) is -2.67. The van der Waals surface area contributed by atoms with Gasteiger partial charge in [0.1, 0.15) is 11.9 Å². The minimum absolute atomic E-state index is 0.0214. The fourth-order valence-corrected chi connectivity index (χ4v) is 6.61. The maximum Gasteiger partial charge on any atom is 0.408 e. The van der Waals surface area contributed by atoms with Crippen molar-refractivity contribution >= 4 is 11.7 Å². The average Bonchev–Trinajstić information content (AvgIpc) is 3.43. The lowest BCUT2D eigenvalue weighted by atomic mass is 9.69. The van der Waals surface area contributed by atoms with Gasteiger partial charge in [-0.2, -0.15) is 13.2 Å². The Morgan fingerprint density at radius 1 is 0.976 bits per heavy atom. The van der Waals surface area contributed by atoms with Crippen molar-refractivity contribution in [3.05, 3.63) is 70.5 Å². The number of likely N-dealkylation sites (tertiary alicyclic amines) is 2. The Kier molecular flexibility index (Phi) is 9.90. The standard InChI is InChI=1S/C32H41F4N3O2/c1-21-11-5-6-12-23(21)30(40)25-19-38(17-8-7-16-37(3)4)20-26(29(25)24-13-9-14-27(33)22(24)2)31(41)39-18-10-15-28(39)32(34,35)36/h5-6,9,11-14,25-26,28-29H,7-8,10,15-20H2,1-4H3/t25-,26+,28-,29+/m0/s1. The molecule has 0 spiro atoms. The van der Waals surface area contributed by atoms with Gasteiger partial charge in [0.15, 0.2) is 5.78 Å². The molecule has 0 bridgehead atoms. The summed E-state index contributed by atoms with van der Waals surface area (Å²) < 4.78 is 56.8. The van der Waals surface area contributed by atoms with Crippen LogP contribution >= 0.6 is 0 Å². The van der Waals surface area contributed by atoms with Gasteiger partial charge in [0.05, 0.1) is 5.92 Å². The van der Waals surface area contributed by atoms with Crippen LogP contribution in [0.5, 0.6) is 0 Å². The molecule has 0 radical (unpaired) electrons. The molecular formula is C32H41F4N3O2. The van der Waals surface area contributed by atoms with E-state index in [1.807, 2.05) is 33.2 Å². The zero-order valence-electron chi connectivity index (χ0n) is 24.4. The quantitative estimate of drug-likeness (QED) is 0.214. The first kappa shape index (κ1) is 31.2. The molecule has 4 rings (SSSR count). The van der Waals surface area contributed by atoms with Crippen molar-refractivity contribution in [2.24, 2.45) is 11.8 Å². The molecule has 0 saturated carbocycles. The lowest BCUT2D eigenvalue weighted by Crippen LogP contribution is -2.55. The number of hydrogen-bond acceptors (Lipinski definition) is 4. The normalized spacial score (nSPS) is 23.8. The summed E-state index contributed by atoms with van der Waals surface area (Å²) in [6, 6.07) is 9.98. The third-order valence-electron chi connectivity index (χ3n) is 8.75. The average molecular weight is 576 g/mol. The van der Waals surface area contributed by atoms with E-state index in [4.69, 9.17) is 0 Å². The molecule has 4 atom stereocenters. The van der Waals surface area contributed by atoms with Crippen LogP contribution in [0.4, 0.5) is 17.6 Å². The second kappa shape index (κ2) is 13.0. The Morgan fingerprint density at radius 3 is 2.37 bits per heavy atom. The third kappa shape index (κ3) is 7.00.